The highest BCUT2D eigenvalue weighted by Gasteiger charge is 2.29. The first-order valence-corrected chi connectivity index (χ1v) is 9.94. The quantitative estimate of drug-likeness (QED) is 0.637. The Morgan fingerprint density at radius 2 is 1.97 bits per heavy atom. The highest BCUT2D eigenvalue weighted by Crippen LogP contribution is 2.24. The molecule has 4 rings (SSSR count). The largest absolute Gasteiger partial charge is 0.496 e. The summed E-state index contributed by atoms with van der Waals surface area (Å²) in [5.41, 5.74) is 2.73. The number of hydrogen-bond donors (Lipinski definition) is 2. The fraction of sp³-hybridized carbons (Fsp3) is 0.227. The molecule has 7 nitrogen and oxygen atoms in total. The minimum Gasteiger partial charge on any atom is -0.496 e. The van der Waals surface area contributed by atoms with Crippen molar-refractivity contribution < 1.29 is 14.3 Å². The summed E-state index contributed by atoms with van der Waals surface area (Å²) in [6.45, 7) is 0.939. The summed E-state index contributed by atoms with van der Waals surface area (Å²) in [5, 5.41) is 10.7. The minimum atomic E-state index is -0.278. The lowest BCUT2D eigenvalue weighted by Gasteiger charge is -2.14. The maximum Gasteiger partial charge on any atom is 0.255 e. The lowest BCUT2D eigenvalue weighted by molar-refractivity contribution is 0.0932. The zero-order chi connectivity index (χ0) is 21.1. The molecule has 8 heteroatoms. The molecular formula is C22H21ClN4O3. The molecular weight excluding hydrogens is 404 g/mol. The summed E-state index contributed by atoms with van der Waals surface area (Å²) in [7, 11) is 1.51. The van der Waals surface area contributed by atoms with E-state index in [2.05, 4.69) is 15.7 Å². The molecule has 1 atom stereocenters. The summed E-state index contributed by atoms with van der Waals surface area (Å²) in [4.78, 5) is 25.4. The fourth-order valence-electron chi connectivity index (χ4n) is 3.57. The number of methoxy groups -OCH3 is 1. The molecule has 0 radical (unpaired) electrons. The van der Waals surface area contributed by atoms with Crippen molar-refractivity contribution in [1.29, 1.82) is 0 Å². The van der Waals surface area contributed by atoms with Crippen molar-refractivity contribution in [2.75, 3.05) is 7.11 Å². The first-order chi connectivity index (χ1) is 14.5. The van der Waals surface area contributed by atoms with Gasteiger partial charge in [-0.3, -0.25) is 14.3 Å². The number of carbonyl (C=O) groups excluding carboxylic acids is 2. The van der Waals surface area contributed by atoms with E-state index < -0.39 is 0 Å². The summed E-state index contributed by atoms with van der Waals surface area (Å²) in [6.07, 6.45) is 2.09. The number of carbonyl (C=O) groups is 2. The molecule has 30 heavy (non-hydrogen) atoms. The summed E-state index contributed by atoms with van der Waals surface area (Å²) in [5.74, 6) is -0.00242. The van der Waals surface area contributed by atoms with E-state index >= 15 is 0 Å². The van der Waals surface area contributed by atoms with Gasteiger partial charge < -0.3 is 15.4 Å². The van der Waals surface area contributed by atoms with E-state index in [1.807, 2.05) is 30.3 Å². The molecule has 3 aromatic rings. The van der Waals surface area contributed by atoms with Gasteiger partial charge in [0.05, 0.1) is 42.7 Å². The predicted octanol–water partition coefficient (Wildman–Crippen LogP) is 2.83. The second-order valence-corrected chi connectivity index (χ2v) is 7.51. The van der Waals surface area contributed by atoms with E-state index in [9.17, 15) is 9.59 Å². The van der Waals surface area contributed by atoms with E-state index in [0.717, 1.165) is 11.3 Å². The molecule has 2 aromatic carbocycles. The SMILES string of the molecule is COc1ccc(Cl)cc1C(=O)N[C@H]1Cc2c(C(=O)NCc3ccccc3)cnn2C1. The molecule has 1 aromatic heterocycles. The lowest BCUT2D eigenvalue weighted by atomic mass is 10.1. The third-order valence-electron chi connectivity index (χ3n) is 5.06. The van der Waals surface area contributed by atoms with E-state index in [1.165, 1.54) is 7.11 Å². The molecule has 2 amide bonds. The predicted molar refractivity (Wildman–Crippen MR) is 113 cm³/mol. The third-order valence-corrected chi connectivity index (χ3v) is 5.30. The zero-order valence-corrected chi connectivity index (χ0v) is 17.1. The maximum absolute atomic E-state index is 12.7. The molecule has 0 saturated heterocycles. The van der Waals surface area contributed by atoms with Crippen LogP contribution in [0.5, 0.6) is 5.75 Å². The van der Waals surface area contributed by atoms with Crippen LogP contribution in [0, 0.1) is 0 Å². The Bertz CT molecular complexity index is 1080. The molecule has 154 valence electrons. The minimum absolute atomic E-state index is 0.175. The molecule has 0 fully saturated rings. The number of ether oxygens (including phenoxy) is 1. The van der Waals surface area contributed by atoms with Crippen molar-refractivity contribution in [3.05, 3.63) is 82.1 Å². The van der Waals surface area contributed by atoms with Gasteiger partial charge in [0.15, 0.2) is 0 Å². The topological polar surface area (TPSA) is 85.2 Å². The molecule has 0 spiro atoms. The van der Waals surface area contributed by atoms with Gasteiger partial charge in [0, 0.05) is 18.0 Å². The van der Waals surface area contributed by atoms with Crippen LogP contribution >= 0.6 is 11.6 Å². The Morgan fingerprint density at radius 3 is 2.73 bits per heavy atom. The number of hydrogen-bond acceptors (Lipinski definition) is 4. The van der Waals surface area contributed by atoms with Crippen LogP contribution in [0.2, 0.25) is 5.02 Å². The van der Waals surface area contributed by atoms with Crippen molar-refractivity contribution in [2.24, 2.45) is 0 Å². The van der Waals surface area contributed by atoms with Gasteiger partial charge in [0.1, 0.15) is 5.75 Å². The van der Waals surface area contributed by atoms with Crippen LogP contribution in [-0.2, 0) is 19.5 Å². The molecule has 0 aliphatic carbocycles. The molecule has 2 N–H and O–H groups in total. The van der Waals surface area contributed by atoms with E-state index in [-0.39, 0.29) is 17.9 Å². The molecule has 0 saturated carbocycles. The fourth-order valence-corrected chi connectivity index (χ4v) is 3.74. The van der Waals surface area contributed by atoms with Gasteiger partial charge in [-0.05, 0) is 23.8 Å². The van der Waals surface area contributed by atoms with Crippen LogP contribution in [0.1, 0.15) is 32.0 Å². The average Bonchev–Trinajstić information content (AvgIpc) is 3.33. The number of nitrogens with zero attached hydrogens (tertiary/aromatic N) is 2. The Morgan fingerprint density at radius 1 is 1.17 bits per heavy atom. The number of fused-ring (bicyclic) bond motifs is 1. The van der Waals surface area contributed by atoms with Crippen molar-refractivity contribution in [3.63, 3.8) is 0 Å². The average molecular weight is 425 g/mol. The van der Waals surface area contributed by atoms with Gasteiger partial charge >= 0.3 is 0 Å². The molecule has 2 heterocycles. The van der Waals surface area contributed by atoms with Crippen LogP contribution in [0.25, 0.3) is 0 Å². The number of aromatic nitrogens is 2. The lowest BCUT2D eigenvalue weighted by Crippen LogP contribution is -2.36. The zero-order valence-electron chi connectivity index (χ0n) is 16.4. The third kappa shape index (κ3) is 4.16. The van der Waals surface area contributed by atoms with E-state index in [0.29, 0.717) is 41.4 Å². The van der Waals surface area contributed by atoms with Crippen LogP contribution in [-0.4, -0.2) is 34.7 Å². The normalized spacial score (nSPS) is 14.8. The van der Waals surface area contributed by atoms with E-state index in [1.54, 1.807) is 29.1 Å². The molecule has 1 aliphatic heterocycles. The van der Waals surface area contributed by atoms with Crippen molar-refractivity contribution in [2.45, 2.75) is 25.6 Å². The van der Waals surface area contributed by atoms with Crippen molar-refractivity contribution >= 4 is 23.4 Å². The Labute approximate surface area is 179 Å². The molecule has 1 aliphatic rings. The second kappa shape index (κ2) is 8.59. The first kappa shape index (κ1) is 20.0. The summed E-state index contributed by atoms with van der Waals surface area (Å²) >= 11 is 6.03. The maximum atomic E-state index is 12.7. The number of halogens is 1. The number of amides is 2. The van der Waals surface area contributed by atoms with Crippen molar-refractivity contribution in [1.82, 2.24) is 20.4 Å². The van der Waals surface area contributed by atoms with Gasteiger partial charge in [0.25, 0.3) is 11.8 Å². The van der Waals surface area contributed by atoms with Crippen LogP contribution in [0.3, 0.4) is 0 Å². The van der Waals surface area contributed by atoms with Crippen LogP contribution in [0.4, 0.5) is 0 Å². The summed E-state index contributed by atoms with van der Waals surface area (Å²) in [6, 6.07) is 14.4. The standard InChI is InChI=1S/C22H21ClN4O3/c1-30-20-8-7-15(23)9-17(20)22(29)26-16-10-19-18(12-25-27(19)13-16)21(28)24-11-14-5-3-2-4-6-14/h2-9,12,16H,10-11,13H2,1H3,(H,24,28)(H,26,29)/t16-/m0/s1. The smallest absolute Gasteiger partial charge is 0.255 e. The van der Waals surface area contributed by atoms with Gasteiger partial charge in [0.2, 0.25) is 0 Å². The Balaban J connectivity index is 1.41. The number of rotatable bonds is 6. The van der Waals surface area contributed by atoms with Gasteiger partial charge in [-0.15, -0.1) is 0 Å². The monoisotopic (exact) mass is 424 g/mol. The van der Waals surface area contributed by atoms with Gasteiger partial charge in [-0.2, -0.15) is 5.10 Å². The molecule has 0 unspecified atom stereocenters. The van der Waals surface area contributed by atoms with E-state index in [4.69, 9.17) is 16.3 Å². The highest BCUT2D eigenvalue weighted by atomic mass is 35.5. The Hall–Kier alpha value is -3.32. The highest BCUT2D eigenvalue weighted by molar-refractivity contribution is 6.31. The van der Waals surface area contributed by atoms with Crippen molar-refractivity contribution in [3.8, 4) is 5.75 Å². The second-order valence-electron chi connectivity index (χ2n) is 7.07. The number of nitrogens with one attached hydrogen (secondary N) is 2. The first-order valence-electron chi connectivity index (χ1n) is 9.56. The van der Waals surface area contributed by atoms with Gasteiger partial charge in [-0.25, -0.2) is 0 Å². The number of benzene rings is 2. The van der Waals surface area contributed by atoms with Gasteiger partial charge in [-0.1, -0.05) is 41.9 Å². The van der Waals surface area contributed by atoms with Crippen LogP contribution in [0.15, 0.2) is 54.7 Å². The van der Waals surface area contributed by atoms with Crippen LogP contribution < -0.4 is 15.4 Å². The summed E-state index contributed by atoms with van der Waals surface area (Å²) < 4.78 is 7.02. The molecule has 0 bridgehead atoms. The Kier molecular flexibility index (Phi) is 5.72.